The third-order valence-electron chi connectivity index (χ3n) is 11.9. The molecule has 3 N–H and O–H groups in total. The first-order valence-corrected chi connectivity index (χ1v) is 14.1. The summed E-state index contributed by atoms with van der Waals surface area (Å²) in [5, 5.41) is 33.6. The van der Waals surface area contributed by atoms with Gasteiger partial charge >= 0.3 is 0 Å². The molecule has 0 saturated heterocycles. The lowest BCUT2D eigenvalue weighted by atomic mass is 9.43. The number of aliphatic hydroxyl groups excluding tert-OH is 3. The molecule has 4 aliphatic rings. The Morgan fingerprint density at radius 1 is 0.879 bits per heavy atom. The zero-order chi connectivity index (χ0) is 24.4. The van der Waals surface area contributed by atoms with Crippen molar-refractivity contribution in [2.45, 2.75) is 125 Å². The third-order valence-corrected chi connectivity index (χ3v) is 11.9. The van der Waals surface area contributed by atoms with E-state index in [4.69, 9.17) is 0 Å². The topological polar surface area (TPSA) is 60.7 Å². The Balaban J connectivity index is 1.71. The van der Waals surface area contributed by atoms with Crippen LogP contribution in [-0.2, 0) is 0 Å². The highest BCUT2D eigenvalue weighted by molar-refractivity contribution is 5.41. The van der Waals surface area contributed by atoms with Gasteiger partial charge in [-0.3, -0.25) is 0 Å². The van der Waals surface area contributed by atoms with Crippen LogP contribution in [0.4, 0.5) is 0 Å². The molecule has 0 unspecified atom stereocenters. The van der Waals surface area contributed by atoms with E-state index >= 15 is 0 Å². The molecule has 0 spiro atoms. The Morgan fingerprint density at radius 3 is 2.21 bits per heavy atom. The molecule has 0 aromatic carbocycles. The Labute approximate surface area is 203 Å². The van der Waals surface area contributed by atoms with Crippen LogP contribution in [0.15, 0.2) is 11.1 Å². The van der Waals surface area contributed by atoms with Crippen molar-refractivity contribution in [3.63, 3.8) is 0 Å². The largest absolute Gasteiger partial charge is 0.395 e. The van der Waals surface area contributed by atoms with Crippen LogP contribution in [0.1, 0.15) is 113 Å². The molecule has 0 aromatic heterocycles. The average molecular weight is 461 g/mol. The summed E-state index contributed by atoms with van der Waals surface area (Å²) < 4.78 is 0. The van der Waals surface area contributed by atoms with Crippen molar-refractivity contribution in [3.8, 4) is 0 Å². The fraction of sp³-hybridized carbons (Fsp3) is 0.933. The van der Waals surface area contributed by atoms with Crippen molar-refractivity contribution in [3.05, 3.63) is 11.1 Å². The second-order valence-electron chi connectivity index (χ2n) is 14.0. The van der Waals surface area contributed by atoms with E-state index in [1.807, 2.05) is 0 Å². The van der Waals surface area contributed by atoms with Gasteiger partial charge in [0, 0.05) is 5.41 Å². The van der Waals surface area contributed by atoms with Gasteiger partial charge in [-0.15, -0.1) is 0 Å². The first kappa shape index (κ1) is 25.7. The predicted octanol–water partition coefficient (Wildman–Crippen LogP) is 6.50. The summed E-state index contributed by atoms with van der Waals surface area (Å²) in [6.07, 6.45) is 10.0. The van der Waals surface area contributed by atoms with Gasteiger partial charge in [0.05, 0.1) is 18.8 Å². The molecule has 0 aromatic rings. The van der Waals surface area contributed by atoms with Gasteiger partial charge in [-0.2, -0.15) is 0 Å². The number of hydrogen-bond acceptors (Lipinski definition) is 3. The quantitative estimate of drug-likeness (QED) is 0.396. The van der Waals surface area contributed by atoms with Gasteiger partial charge < -0.3 is 15.3 Å². The van der Waals surface area contributed by atoms with E-state index in [-0.39, 0.29) is 29.0 Å². The predicted molar refractivity (Wildman–Crippen MR) is 136 cm³/mol. The monoisotopic (exact) mass is 460 g/mol. The standard InChI is InChI=1S/C30H52O3/c1-19(2)9-8-10-20(3)23-17-26(33)30(18-31)22-11-12-24-27(4,5)25(32)14-15-28(24,6)21(22)13-16-29(23,30)7/h19-20,23-26,31-33H,8-18H2,1-7H3/t20-,23-,24+,25+,26+,28-,29-,30-/m1/s1. The summed E-state index contributed by atoms with van der Waals surface area (Å²) in [5.74, 6) is 2.26. The first-order chi connectivity index (χ1) is 15.4. The lowest BCUT2D eigenvalue weighted by molar-refractivity contribution is -0.108. The Morgan fingerprint density at radius 2 is 1.58 bits per heavy atom. The average Bonchev–Trinajstić information content (AvgIpc) is 2.98. The maximum atomic E-state index is 11.7. The summed E-state index contributed by atoms with van der Waals surface area (Å²) in [6.45, 7) is 16.5. The maximum absolute atomic E-state index is 11.7. The van der Waals surface area contributed by atoms with Crippen molar-refractivity contribution in [2.24, 2.45) is 45.3 Å². The summed E-state index contributed by atoms with van der Waals surface area (Å²) >= 11 is 0. The van der Waals surface area contributed by atoms with Crippen LogP contribution in [0.25, 0.3) is 0 Å². The number of hydrogen-bond donors (Lipinski definition) is 3. The highest BCUT2D eigenvalue weighted by Crippen LogP contribution is 2.72. The molecule has 2 fully saturated rings. The van der Waals surface area contributed by atoms with Crippen molar-refractivity contribution in [1.29, 1.82) is 0 Å². The molecule has 0 heterocycles. The van der Waals surface area contributed by atoms with Gasteiger partial charge in [-0.25, -0.2) is 0 Å². The first-order valence-electron chi connectivity index (χ1n) is 14.1. The summed E-state index contributed by atoms with van der Waals surface area (Å²) in [6, 6.07) is 0. The van der Waals surface area contributed by atoms with Crippen LogP contribution in [-0.4, -0.2) is 34.1 Å². The van der Waals surface area contributed by atoms with Crippen molar-refractivity contribution < 1.29 is 15.3 Å². The molecule has 2 saturated carbocycles. The third kappa shape index (κ3) is 3.53. The molecule has 0 radical (unpaired) electrons. The van der Waals surface area contributed by atoms with Crippen LogP contribution in [0.5, 0.6) is 0 Å². The molecule has 4 aliphatic carbocycles. The molecule has 190 valence electrons. The van der Waals surface area contributed by atoms with Gasteiger partial charge in [0.2, 0.25) is 0 Å². The SMILES string of the molecule is CC(C)CCC[C@@H](C)[C@H]1C[C@H](O)[C@@]2(CO)C3=C(CC[C@]12C)[C@@]1(C)CC[C@H](O)C(C)(C)[C@@H]1CC3. The Hall–Kier alpha value is -0.380. The molecule has 8 atom stereocenters. The second kappa shape index (κ2) is 8.63. The van der Waals surface area contributed by atoms with E-state index in [1.54, 1.807) is 5.57 Å². The van der Waals surface area contributed by atoms with Crippen LogP contribution in [0, 0.1) is 45.3 Å². The van der Waals surface area contributed by atoms with Gasteiger partial charge in [0.25, 0.3) is 0 Å². The molecule has 3 nitrogen and oxygen atoms in total. The fourth-order valence-corrected chi connectivity index (χ4v) is 9.84. The summed E-state index contributed by atoms with van der Waals surface area (Å²) in [4.78, 5) is 0. The van der Waals surface area contributed by atoms with E-state index in [0.717, 1.165) is 50.9 Å². The van der Waals surface area contributed by atoms with E-state index in [0.29, 0.717) is 17.8 Å². The number of rotatable bonds is 6. The molecule has 33 heavy (non-hydrogen) atoms. The summed E-state index contributed by atoms with van der Waals surface area (Å²) in [5.41, 5.74) is 2.46. The Kier molecular flexibility index (Phi) is 6.72. The molecule has 4 rings (SSSR count). The highest BCUT2D eigenvalue weighted by atomic mass is 16.3. The normalized spacial score (nSPS) is 45.5. The maximum Gasteiger partial charge on any atom is 0.0664 e. The zero-order valence-corrected chi connectivity index (χ0v) is 22.6. The minimum Gasteiger partial charge on any atom is -0.395 e. The minimum atomic E-state index is -0.480. The van der Waals surface area contributed by atoms with Crippen LogP contribution >= 0.6 is 0 Å². The van der Waals surface area contributed by atoms with Crippen LogP contribution in [0.3, 0.4) is 0 Å². The highest BCUT2D eigenvalue weighted by Gasteiger charge is 2.68. The molecule has 0 bridgehead atoms. The van der Waals surface area contributed by atoms with Crippen molar-refractivity contribution in [1.82, 2.24) is 0 Å². The van der Waals surface area contributed by atoms with E-state index in [1.165, 1.54) is 24.8 Å². The molecule has 0 amide bonds. The number of aliphatic hydroxyl groups is 3. The lowest BCUT2D eigenvalue weighted by Gasteiger charge is -2.62. The van der Waals surface area contributed by atoms with Gasteiger partial charge in [0.1, 0.15) is 0 Å². The second-order valence-corrected chi connectivity index (χ2v) is 14.0. The lowest BCUT2D eigenvalue weighted by Crippen LogP contribution is -2.57. The number of allylic oxidation sites excluding steroid dienone is 1. The summed E-state index contributed by atoms with van der Waals surface area (Å²) in [7, 11) is 0. The molecular formula is C30H52O3. The van der Waals surface area contributed by atoms with Gasteiger partial charge in [0.15, 0.2) is 0 Å². The fourth-order valence-electron chi connectivity index (χ4n) is 9.84. The number of fused-ring (bicyclic) bond motifs is 4. The van der Waals surface area contributed by atoms with Gasteiger partial charge in [-0.05, 0) is 84.9 Å². The van der Waals surface area contributed by atoms with Gasteiger partial charge in [-0.1, -0.05) is 78.9 Å². The Bertz CT molecular complexity index is 769. The van der Waals surface area contributed by atoms with E-state index < -0.39 is 11.5 Å². The molecular weight excluding hydrogens is 408 g/mol. The van der Waals surface area contributed by atoms with E-state index in [2.05, 4.69) is 48.5 Å². The van der Waals surface area contributed by atoms with Crippen molar-refractivity contribution >= 4 is 0 Å². The smallest absolute Gasteiger partial charge is 0.0664 e. The zero-order valence-electron chi connectivity index (χ0n) is 22.6. The van der Waals surface area contributed by atoms with Crippen LogP contribution < -0.4 is 0 Å². The van der Waals surface area contributed by atoms with E-state index in [9.17, 15) is 15.3 Å². The van der Waals surface area contributed by atoms with Crippen LogP contribution in [0.2, 0.25) is 0 Å². The minimum absolute atomic E-state index is 0.0376. The molecule has 3 heteroatoms. The van der Waals surface area contributed by atoms with Crippen molar-refractivity contribution in [2.75, 3.05) is 6.61 Å². The molecule has 0 aliphatic heterocycles.